The number of para-hydroxylation sites is 2. The van der Waals surface area contributed by atoms with Crippen molar-refractivity contribution in [2.75, 3.05) is 32.7 Å². The third-order valence-electron chi connectivity index (χ3n) is 2.57. The first-order valence-electron chi connectivity index (χ1n) is 6.10. The molecule has 0 aromatic heterocycles. The number of rotatable bonds is 7. The molecule has 0 fully saturated rings. The summed E-state index contributed by atoms with van der Waals surface area (Å²) in [5.41, 5.74) is 6.10. The van der Waals surface area contributed by atoms with Gasteiger partial charge in [0.05, 0.1) is 25.4 Å². The summed E-state index contributed by atoms with van der Waals surface area (Å²) in [6, 6.07) is 6.80. The number of urea groups is 1. The summed E-state index contributed by atoms with van der Waals surface area (Å²) in [6.07, 6.45) is 0.660. The van der Waals surface area contributed by atoms with Crippen molar-refractivity contribution in [2.24, 2.45) is 5.73 Å². The van der Waals surface area contributed by atoms with Crippen LogP contribution in [0.1, 0.15) is 6.42 Å². The van der Waals surface area contributed by atoms with Gasteiger partial charge in [-0.25, -0.2) is 4.79 Å². The van der Waals surface area contributed by atoms with Crippen molar-refractivity contribution < 1.29 is 14.3 Å². The summed E-state index contributed by atoms with van der Waals surface area (Å²) in [5.74, 6) is 0.611. The number of benzene rings is 1. The average molecular weight is 267 g/mol. The van der Waals surface area contributed by atoms with Gasteiger partial charge in [0.2, 0.25) is 0 Å². The fourth-order valence-corrected chi connectivity index (χ4v) is 1.69. The molecule has 0 saturated heterocycles. The second-order valence-electron chi connectivity index (χ2n) is 4.03. The topological polar surface area (TPSA) is 85.6 Å². The van der Waals surface area contributed by atoms with E-state index in [1.165, 1.54) is 0 Å². The van der Waals surface area contributed by atoms with Gasteiger partial charge in [0, 0.05) is 7.11 Å². The molecule has 19 heavy (non-hydrogen) atoms. The number of nitrogens with one attached hydrogen (secondary N) is 2. The van der Waals surface area contributed by atoms with Crippen molar-refractivity contribution in [1.29, 1.82) is 0 Å². The molecule has 4 N–H and O–H groups in total. The molecule has 0 aliphatic carbocycles. The fourth-order valence-electron chi connectivity index (χ4n) is 1.69. The summed E-state index contributed by atoms with van der Waals surface area (Å²) in [5, 5.41) is 5.55. The minimum atomic E-state index is -0.306. The molecule has 1 atom stereocenters. The Morgan fingerprint density at radius 1 is 1.37 bits per heavy atom. The minimum Gasteiger partial charge on any atom is -0.495 e. The van der Waals surface area contributed by atoms with Gasteiger partial charge < -0.3 is 25.8 Å². The van der Waals surface area contributed by atoms with E-state index in [4.69, 9.17) is 15.2 Å². The third kappa shape index (κ3) is 5.15. The summed E-state index contributed by atoms with van der Waals surface area (Å²) in [7, 11) is 3.14. The highest BCUT2D eigenvalue weighted by Gasteiger charge is 2.12. The van der Waals surface area contributed by atoms with E-state index in [2.05, 4.69) is 10.6 Å². The SMILES string of the molecule is COCC(CCN)NC(=O)Nc1ccccc1OC. The van der Waals surface area contributed by atoms with Crippen LogP contribution in [0.25, 0.3) is 0 Å². The van der Waals surface area contributed by atoms with Gasteiger partial charge >= 0.3 is 6.03 Å². The van der Waals surface area contributed by atoms with Crippen LogP contribution in [-0.4, -0.2) is 39.4 Å². The van der Waals surface area contributed by atoms with Crippen molar-refractivity contribution in [2.45, 2.75) is 12.5 Å². The highest BCUT2D eigenvalue weighted by molar-refractivity contribution is 5.91. The van der Waals surface area contributed by atoms with Crippen LogP contribution < -0.4 is 21.1 Å². The molecule has 1 aromatic rings. The van der Waals surface area contributed by atoms with E-state index in [1.807, 2.05) is 12.1 Å². The number of hydrogen-bond donors (Lipinski definition) is 3. The Morgan fingerprint density at radius 2 is 2.11 bits per heavy atom. The Kier molecular flexibility index (Phi) is 6.70. The lowest BCUT2D eigenvalue weighted by Crippen LogP contribution is -2.41. The lowest BCUT2D eigenvalue weighted by Gasteiger charge is -2.18. The molecule has 1 unspecified atom stereocenters. The smallest absolute Gasteiger partial charge is 0.319 e. The number of ether oxygens (including phenoxy) is 2. The second-order valence-corrected chi connectivity index (χ2v) is 4.03. The molecule has 0 heterocycles. The first-order chi connectivity index (χ1) is 9.21. The number of methoxy groups -OCH3 is 2. The molecule has 106 valence electrons. The van der Waals surface area contributed by atoms with Gasteiger partial charge in [-0.3, -0.25) is 0 Å². The largest absolute Gasteiger partial charge is 0.495 e. The number of hydrogen-bond acceptors (Lipinski definition) is 4. The number of nitrogens with two attached hydrogens (primary N) is 1. The van der Waals surface area contributed by atoms with Gasteiger partial charge in [0.25, 0.3) is 0 Å². The van der Waals surface area contributed by atoms with E-state index < -0.39 is 0 Å². The van der Waals surface area contributed by atoms with Crippen LogP contribution >= 0.6 is 0 Å². The molecule has 6 nitrogen and oxygen atoms in total. The van der Waals surface area contributed by atoms with Crippen LogP contribution in [-0.2, 0) is 4.74 Å². The molecular formula is C13H21N3O3. The van der Waals surface area contributed by atoms with Crippen molar-refractivity contribution >= 4 is 11.7 Å². The molecule has 0 radical (unpaired) electrons. The molecule has 1 aromatic carbocycles. The Hall–Kier alpha value is -1.79. The van der Waals surface area contributed by atoms with E-state index in [0.29, 0.717) is 31.0 Å². The van der Waals surface area contributed by atoms with Gasteiger partial charge in [-0.1, -0.05) is 12.1 Å². The van der Waals surface area contributed by atoms with Gasteiger partial charge in [-0.2, -0.15) is 0 Å². The maximum absolute atomic E-state index is 11.9. The van der Waals surface area contributed by atoms with Crippen molar-refractivity contribution in [3.63, 3.8) is 0 Å². The standard InChI is InChI=1S/C13H21N3O3/c1-18-9-10(7-8-14)15-13(17)16-11-5-3-4-6-12(11)19-2/h3-6,10H,7-9,14H2,1-2H3,(H2,15,16,17). The van der Waals surface area contributed by atoms with E-state index in [9.17, 15) is 4.79 Å². The average Bonchev–Trinajstić information content (AvgIpc) is 2.40. The van der Waals surface area contributed by atoms with Crippen LogP contribution in [0.4, 0.5) is 10.5 Å². The fraction of sp³-hybridized carbons (Fsp3) is 0.462. The van der Waals surface area contributed by atoms with Crippen LogP contribution in [0.5, 0.6) is 5.75 Å². The van der Waals surface area contributed by atoms with Crippen LogP contribution in [0, 0.1) is 0 Å². The lowest BCUT2D eigenvalue weighted by molar-refractivity contribution is 0.164. The van der Waals surface area contributed by atoms with Crippen LogP contribution in [0.2, 0.25) is 0 Å². The van der Waals surface area contributed by atoms with Gasteiger partial charge in [-0.05, 0) is 25.1 Å². The maximum Gasteiger partial charge on any atom is 0.319 e. The van der Waals surface area contributed by atoms with Crippen molar-refractivity contribution in [3.05, 3.63) is 24.3 Å². The maximum atomic E-state index is 11.9. The third-order valence-corrected chi connectivity index (χ3v) is 2.57. The molecule has 0 saturated carbocycles. The van der Waals surface area contributed by atoms with Gasteiger partial charge in [-0.15, -0.1) is 0 Å². The first-order valence-corrected chi connectivity index (χ1v) is 6.10. The summed E-state index contributed by atoms with van der Waals surface area (Å²) < 4.78 is 10.2. The van der Waals surface area contributed by atoms with Gasteiger partial charge in [0.15, 0.2) is 0 Å². The lowest BCUT2D eigenvalue weighted by atomic mass is 10.2. The highest BCUT2D eigenvalue weighted by Crippen LogP contribution is 2.22. The summed E-state index contributed by atoms with van der Waals surface area (Å²) in [6.45, 7) is 0.916. The van der Waals surface area contributed by atoms with Crippen molar-refractivity contribution in [1.82, 2.24) is 5.32 Å². The Bertz CT molecular complexity index is 392. The van der Waals surface area contributed by atoms with Crippen molar-refractivity contribution in [3.8, 4) is 5.75 Å². The predicted octanol–water partition coefficient (Wildman–Crippen LogP) is 1.18. The molecule has 0 spiro atoms. The van der Waals surface area contributed by atoms with E-state index in [-0.39, 0.29) is 12.1 Å². The van der Waals surface area contributed by atoms with E-state index >= 15 is 0 Å². The molecule has 0 aliphatic rings. The Balaban J connectivity index is 2.58. The molecule has 6 heteroatoms. The first kappa shape index (κ1) is 15.3. The van der Waals surface area contributed by atoms with Gasteiger partial charge in [0.1, 0.15) is 5.75 Å². The molecular weight excluding hydrogens is 246 g/mol. The normalized spacial score (nSPS) is 11.7. The zero-order chi connectivity index (χ0) is 14.1. The second kappa shape index (κ2) is 8.34. The molecule has 1 rings (SSSR count). The molecule has 0 bridgehead atoms. The zero-order valence-corrected chi connectivity index (χ0v) is 11.3. The summed E-state index contributed by atoms with van der Waals surface area (Å²) >= 11 is 0. The van der Waals surface area contributed by atoms with Crippen LogP contribution in [0.15, 0.2) is 24.3 Å². The van der Waals surface area contributed by atoms with Crippen LogP contribution in [0.3, 0.4) is 0 Å². The van der Waals surface area contributed by atoms with E-state index in [1.54, 1.807) is 26.4 Å². The Morgan fingerprint density at radius 3 is 2.74 bits per heavy atom. The zero-order valence-electron chi connectivity index (χ0n) is 11.3. The highest BCUT2D eigenvalue weighted by atomic mass is 16.5. The quantitative estimate of drug-likeness (QED) is 0.692. The number of carbonyl (C=O) groups is 1. The monoisotopic (exact) mass is 267 g/mol. The molecule has 2 amide bonds. The summed E-state index contributed by atoms with van der Waals surface area (Å²) in [4.78, 5) is 11.9. The number of anilines is 1. The number of carbonyl (C=O) groups excluding carboxylic acids is 1. The Labute approximate surface area is 113 Å². The molecule has 0 aliphatic heterocycles. The minimum absolute atomic E-state index is 0.107. The number of amides is 2. The van der Waals surface area contributed by atoms with E-state index in [0.717, 1.165) is 0 Å². The predicted molar refractivity (Wildman–Crippen MR) is 74.5 cm³/mol.